The molecule has 4 aliphatic rings. The average Bonchev–Trinajstić information content (AvgIpc) is 3.51. The van der Waals surface area contributed by atoms with Gasteiger partial charge >= 0.3 is 6.09 Å². The van der Waals surface area contributed by atoms with Crippen LogP contribution in [0.2, 0.25) is 0 Å². The fraction of sp³-hybridized carbons (Fsp3) is 0.750. The minimum Gasteiger partial charge on any atom is -0.444 e. The summed E-state index contributed by atoms with van der Waals surface area (Å²) >= 11 is 0. The van der Waals surface area contributed by atoms with Gasteiger partial charge in [-0.25, -0.2) is 14.8 Å². The van der Waals surface area contributed by atoms with Crippen LogP contribution in [-0.4, -0.2) is 81.4 Å². The Morgan fingerprint density at radius 1 is 1.05 bits per heavy atom. The Labute approximate surface area is 229 Å². The molecule has 2 aromatic heterocycles. The summed E-state index contributed by atoms with van der Waals surface area (Å²) in [6.07, 6.45) is 8.98. The molecule has 39 heavy (non-hydrogen) atoms. The van der Waals surface area contributed by atoms with Crippen molar-refractivity contribution in [1.29, 1.82) is 0 Å². The van der Waals surface area contributed by atoms with Gasteiger partial charge in [0.2, 0.25) is 17.5 Å². The molecule has 0 unspecified atom stereocenters. The van der Waals surface area contributed by atoms with E-state index < -0.39 is 11.4 Å². The highest BCUT2D eigenvalue weighted by Crippen LogP contribution is 2.56. The fourth-order valence-electron chi connectivity index (χ4n) is 6.97. The zero-order chi connectivity index (χ0) is 27.3. The number of fused-ring (bicyclic) bond motifs is 3. The van der Waals surface area contributed by atoms with Gasteiger partial charge in [0, 0.05) is 37.7 Å². The monoisotopic (exact) mass is 540 g/mol. The maximum absolute atomic E-state index is 12.7. The van der Waals surface area contributed by atoms with Crippen LogP contribution in [0.1, 0.15) is 83.9 Å². The number of hydrogen-bond donors (Lipinski definition) is 0. The lowest BCUT2D eigenvalue weighted by molar-refractivity contribution is -0.231. The van der Waals surface area contributed by atoms with Gasteiger partial charge in [0.25, 0.3) is 0 Å². The largest absolute Gasteiger partial charge is 0.444 e. The lowest BCUT2D eigenvalue weighted by Crippen LogP contribution is -2.56. The van der Waals surface area contributed by atoms with Gasteiger partial charge in [-0.3, -0.25) is 0 Å². The van der Waals surface area contributed by atoms with Crippen LogP contribution >= 0.6 is 0 Å². The molecule has 2 saturated heterocycles. The molecule has 1 amide bonds. The molecule has 0 bridgehead atoms. The number of rotatable bonds is 2. The summed E-state index contributed by atoms with van der Waals surface area (Å²) in [6, 6.07) is 0.000870. The smallest absolute Gasteiger partial charge is 0.410 e. The van der Waals surface area contributed by atoms with E-state index in [1.807, 2.05) is 20.8 Å². The first-order valence-electron chi connectivity index (χ1n) is 14.4. The van der Waals surface area contributed by atoms with Crippen molar-refractivity contribution in [1.82, 2.24) is 25.0 Å². The molecule has 0 N–H and O–H groups in total. The summed E-state index contributed by atoms with van der Waals surface area (Å²) in [6.45, 7) is 10.9. The molecule has 1 saturated carbocycles. The number of amides is 1. The summed E-state index contributed by atoms with van der Waals surface area (Å²) in [7, 11) is 0. The third-order valence-corrected chi connectivity index (χ3v) is 8.63. The number of nitrogens with zero attached hydrogens (tertiary/aromatic N) is 6. The molecule has 2 aliphatic carbocycles. The summed E-state index contributed by atoms with van der Waals surface area (Å²) in [5.74, 6) is 1.07. The predicted molar refractivity (Wildman–Crippen MR) is 142 cm³/mol. The first kappa shape index (κ1) is 26.4. The van der Waals surface area contributed by atoms with Crippen molar-refractivity contribution in [2.24, 2.45) is 0 Å². The van der Waals surface area contributed by atoms with E-state index in [9.17, 15) is 4.79 Å². The van der Waals surface area contributed by atoms with Gasteiger partial charge in [-0.05, 0) is 66.2 Å². The second-order valence-corrected chi connectivity index (χ2v) is 12.4. The van der Waals surface area contributed by atoms with Gasteiger partial charge < -0.3 is 28.5 Å². The second-order valence-electron chi connectivity index (χ2n) is 12.4. The van der Waals surface area contributed by atoms with Crippen LogP contribution in [-0.2, 0) is 26.0 Å². The molecule has 6 rings (SSSR count). The van der Waals surface area contributed by atoms with Crippen molar-refractivity contribution in [3.8, 4) is 11.6 Å². The molecule has 0 aromatic carbocycles. The van der Waals surface area contributed by atoms with Crippen molar-refractivity contribution < 1.29 is 23.5 Å². The Morgan fingerprint density at radius 3 is 2.62 bits per heavy atom. The topological polar surface area (TPSA) is 116 Å². The third-order valence-electron chi connectivity index (χ3n) is 8.63. The van der Waals surface area contributed by atoms with Crippen LogP contribution in [0.5, 0.6) is 0 Å². The Balaban J connectivity index is 1.27. The number of carbonyl (C=O) groups excluding carboxylic acids is 1. The van der Waals surface area contributed by atoms with E-state index in [4.69, 9.17) is 23.7 Å². The molecule has 4 heterocycles. The van der Waals surface area contributed by atoms with E-state index >= 15 is 0 Å². The van der Waals surface area contributed by atoms with E-state index in [0.29, 0.717) is 43.8 Å². The predicted octanol–water partition coefficient (Wildman–Crippen LogP) is 4.25. The van der Waals surface area contributed by atoms with Gasteiger partial charge in [-0.1, -0.05) is 11.6 Å². The van der Waals surface area contributed by atoms with Crippen molar-refractivity contribution >= 4 is 12.0 Å². The molecule has 3 fully saturated rings. The molecule has 11 nitrogen and oxygen atoms in total. The molecule has 11 heteroatoms. The number of carbonyl (C=O) groups is 1. The first-order chi connectivity index (χ1) is 18.7. The first-order valence-corrected chi connectivity index (χ1v) is 14.4. The van der Waals surface area contributed by atoms with Crippen LogP contribution in [0, 0.1) is 0 Å². The number of aromatic nitrogens is 4. The van der Waals surface area contributed by atoms with Crippen molar-refractivity contribution in [3.63, 3.8) is 0 Å². The minimum atomic E-state index is -0.611. The maximum Gasteiger partial charge on any atom is 0.410 e. The van der Waals surface area contributed by atoms with Gasteiger partial charge in [0.1, 0.15) is 11.9 Å². The lowest BCUT2D eigenvalue weighted by Gasteiger charge is -2.50. The van der Waals surface area contributed by atoms with Crippen LogP contribution in [0.25, 0.3) is 11.6 Å². The zero-order valence-electron chi connectivity index (χ0n) is 23.6. The molecule has 2 aromatic rings. The normalized spacial score (nSPS) is 27.0. The average molecular weight is 541 g/mol. The second kappa shape index (κ2) is 9.99. The highest BCUT2D eigenvalue weighted by atomic mass is 16.7. The Bertz CT molecular complexity index is 1210. The molecule has 212 valence electrons. The minimum absolute atomic E-state index is 0.000870. The molecule has 2 aliphatic heterocycles. The van der Waals surface area contributed by atoms with Crippen molar-refractivity contribution in [2.45, 2.75) is 102 Å². The third kappa shape index (κ3) is 4.67. The zero-order valence-corrected chi connectivity index (χ0v) is 23.6. The van der Waals surface area contributed by atoms with Crippen LogP contribution in [0.15, 0.2) is 10.9 Å². The fourth-order valence-corrected chi connectivity index (χ4v) is 6.97. The van der Waals surface area contributed by atoms with E-state index in [1.54, 1.807) is 11.2 Å². The highest BCUT2D eigenvalue weighted by Gasteiger charge is 2.61. The molecule has 0 radical (unpaired) electrons. The Kier molecular flexibility index (Phi) is 6.77. The summed E-state index contributed by atoms with van der Waals surface area (Å²) in [5.41, 5.74) is 1.21. The molecule has 2 atom stereocenters. The van der Waals surface area contributed by atoms with Crippen LogP contribution in [0.4, 0.5) is 10.7 Å². The van der Waals surface area contributed by atoms with Crippen LogP contribution < -0.4 is 4.90 Å². The molecular weight excluding hydrogens is 500 g/mol. The molecule has 2 spiro atoms. The van der Waals surface area contributed by atoms with Crippen molar-refractivity contribution in [3.05, 3.63) is 17.6 Å². The van der Waals surface area contributed by atoms with Gasteiger partial charge in [-0.15, -0.1) is 0 Å². The molecular formula is C28H40N6O5. The quantitative estimate of drug-likeness (QED) is 0.547. The number of anilines is 1. The summed E-state index contributed by atoms with van der Waals surface area (Å²) < 4.78 is 24.3. The van der Waals surface area contributed by atoms with E-state index in [2.05, 4.69) is 26.9 Å². The van der Waals surface area contributed by atoms with Gasteiger partial charge in [0.15, 0.2) is 5.79 Å². The standard InChI is InChI=1S/C28H40N6O5/c1-19-17-33(25(35)38-26(2,3)4)13-8-14-34(19)24-30-18-29-23(31-24)21-20-9-7-11-27(22(20)32-39-21)10-5-6-12-28(27)36-15-16-37-28/h18-19H,5-17H2,1-4H3/t19-,27-/m0/s1. The summed E-state index contributed by atoms with van der Waals surface area (Å²) in [5, 5.41) is 4.65. The highest BCUT2D eigenvalue weighted by molar-refractivity contribution is 5.68. The van der Waals surface area contributed by atoms with Crippen molar-refractivity contribution in [2.75, 3.05) is 37.7 Å². The summed E-state index contributed by atoms with van der Waals surface area (Å²) in [4.78, 5) is 30.5. The van der Waals surface area contributed by atoms with E-state index in [1.165, 1.54) is 0 Å². The number of ether oxygens (including phenoxy) is 3. The van der Waals surface area contributed by atoms with Crippen LogP contribution in [0.3, 0.4) is 0 Å². The Morgan fingerprint density at radius 2 is 1.82 bits per heavy atom. The van der Waals surface area contributed by atoms with E-state index in [-0.39, 0.29) is 17.6 Å². The van der Waals surface area contributed by atoms with E-state index in [0.717, 1.165) is 69.2 Å². The SMILES string of the molecule is C[C@H]1CN(C(=O)OC(C)(C)C)CCCN1c1ncnc(-c2onc3c2CCC[C@@]32CCCCC23OCCO3)n1. The van der Waals surface area contributed by atoms with Gasteiger partial charge in [-0.2, -0.15) is 4.98 Å². The van der Waals surface area contributed by atoms with Gasteiger partial charge in [0.05, 0.1) is 24.3 Å². The maximum atomic E-state index is 12.7. The lowest BCUT2D eigenvalue weighted by atomic mass is 9.61. The number of hydrogen-bond acceptors (Lipinski definition) is 10. The Hall–Kier alpha value is -2.79.